The van der Waals surface area contributed by atoms with Crippen molar-refractivity contribution in [1.82, 2.24) is 19.9 Å². The first-order valence-corrected chi connectivity index (χ1v) is 12.3. The summed E-state index contributed by atoms with van der Waals surface area (Å²) in [6.45, 7) is 7.32. The third-order valence-electron chi connectivity index (χ3n) is 6.62. The lowest BCUT2D eigenvalue weighted by atomic mass is 10.1. The van der Waals surface area contributed by atoms with E-state index < -0.39 is 0 Å². The maximum Gasteiger partial charge on any atom is 0.247 e. The topological polar surface area (TPSA) is 98.4 Å². The number of nitrogens with zero attached hydrogens (tertiary/aromatic N) is 4. The van der Waals surface area contributed by atoms with E-state index in [9.17, 15) is 4.79 Å². The molecule has 190 valence electrons. The average molecular weight is 498 g/mol. The van der Waals surface area contributed by atoms with Crippen LogP contribution in [0.3, 0.4) is 0 Å². The number of methoxy groups -OCH3 is 1. The Labute approximate surface area is 216 Å². The van der Waals surface area contributed by atoms with E-state index in [0.29, 0.717) is 22.9 Å². The fourth-order valence-electron chi connectivity index (χ4n) is 4.66. The summed E-state index contributed by atoms with van der Waals surface area (Å²) < 4.78 is 5.77. The molecule has 1 amide bonds. The number of H-pyrrole nitrogens is 1. The zero-order chi connectivity index (χ0) is 25.8. The smallest absolute Gasteiger partial charge is 0.247 e. The molecule has 1 aliphatic rings. The number of nitrogens with one attached hydrogen (secondary N) is 3. The van der Waals surface area contributed by atoms with Crippen LogP contribution in [0.4, 0.5) is 22.9 Å². The predicted molar refractivity (Wildman–Crippen MR) is 149 cm³/mol. The Hall–Kier alpha value is -4.37. The number of fused-ring (bicyclic) bond motifs is 1. The molecule has 1 saturated heterocycles. The third kappa shape index (κ3) is 5.26. The van der Waals surface area contributed by atoms with Gasteiger partial charge in [-0.05, 0) is 38.2 Å². The molecule has 0 unspecified atom stereocenters. The second-order valence-corrected chi connectivity index (χ2v) is 9.07. The predicted octanol–water partition coefficient (Wildman–Crippen LogP) is 4.64. The van der Waals surface area contributed by atoms with Crippen LogP contribution < -0.4 is 20.3 Å². The van der Waals surface area contributed by atoms with Crippen molar-refractivity contribution >= 4 is 39.7 Å². The van der Waals surface area contributed by atoms with Gasteiger partial charge in [-0.3, -0.25) is 4.79 Å². The average Bonchev–Trinajstić information content (AvgIpc) is 3.23. The van der Waals surface area contributed by atoms with Crippen LogP contribution in [0.15, 0.2) is 67.6 Å². The van der Waals surface area contributed by atoms with E-state index in [1.54, 1.807) is 7.11 Å². The molecule has 3 N–H and O–H groups in total. The molecule has 0 saturated carbocycles. The van der Waals surface area contributed by atoms with Crippen molar-refractivity contribution in [2.75, 3.05) is 55.9 Å². The van der Waals surface area contributed by atoms with Crippen LogP contribution in [0.25, 0.3) is 22.2 Å². The van der Waals surface area contributed by atoms with Crippen molar-refractivity contribution in [3.8, 4) is 17.0 Å². The Kier molecular flexibility index (Phi) is 7.04. The van der Waals surface area contributed by atoms with Gasteiger partial charge < -0.3 is 30.2 Å². The Morgan fingerprint density at radius 2 is 1.97 bits per heavy atom. The minimum absolute atomic E-state index is 0.270. The van der Waals surface area contributed by atoms with E-state index in [2.05, 4.69) is 55.1 Å². The summed E-state index contributed by atoms with van der Waals surface area (Å²) in [4.78, 5) is 29.1. The van der Waals surface area contributed by atoms with Crippen molar-refractivity contribution in [1.29, 1.82) is 0 Å². The molecule has 4 aromatic rings. The van der Waals surface area contributed by atoms with Gasteiger partial charge in [0.15, 0.2) is 0 Å². The van der Waals surface area contributed by atoms with E-state index in [1.165, 1.54) is 12.4 Å². The fraction of sp³-hybridized carbons (Fsp3) is 0.250. The molecule has 2 aromatic carbocycles. The van der Waals surface area contributed by atoms with Gasteiger partial charge in [-0.15, -0.1) is 0 Å². The molecule has 0 radical (unpaired) electrons. The summed E-state index contributed by atoms with van der Waals surface area (Å²) in [6, 6.07) is 13.9. The number of amides is 1. The van der Waals surface area contributed by atoms with Crippen molar-refractivity contribution in [2.24, 2.45) is 0 Å². The number of ether oxygens (including phenoxy) is 1. The highest BCUT2D eigenvalue weighted by Gasteiger charge is 2.20. The molecule has 9 nitrogen and oxygen atoms in total. The molecule has 0 bridgehead atoms. The number of likely N-dealkylation sites (N-methyl/N-ethyl adjacent to an activating group) is 1. The number of benzene rings is 2. The van der Waals surface area contributed by atoms with Gasteiger partial charge in [0.05, 0.1) is 29.9 Å². The number of carbonyl (C=O) groups is 1. The number of carbonyl (C=O) groups excluding carboxylic acids is 1. The van der Waals surface area contributed by atoms with E-state index in [4.69, 9.17) is 4.74 Å². The van der Waals surface area contributed by atoms with Gasteiger partial charge >= 0.3 is 0 Å². The molecule has 1 aliphatic heterocycles. The van der Waals surface area contributed by atoms with Crippen LogP contribution in [0.1, 0.15) is 6.42 Å². The number of anilines is 4. The lowest BCUT2D eigenvalue weighted by Gasteiger charge is -2.27. The fourth-order valence-corrected chi connectivity index (χ4v) is 4.66. The molecule has 0 spiro atoms. The summed E-state index contributed by atoms with van der Waals surface area (Å²) >= 11 is 0. The highest BCUT2D eigenvalue weighted by molar-refractivity contribution is 6.02. The maximum absolute atomic E-state index is 12.3. The number of para-hydroxylation sites is 1. The number of rotatable bonds is 7. The first-order valence-electron chi connectivity index (χ1n) is 12.3. The van der Waals surface area contributed by atoms with Crippen LogP contribution >= 0.6 is 0 Å². The minimum atomic E-state index is -0.270. The van der Waals surface area contributed by atoms with Crippen LogP contribution in [0.2, 0.25) is 0 Å². The van der Waals surface area contributed by atoms with Gasteiger partial charge in [0.2, 0.25) is 5.91 Å². The van der Waals surface area contributed by atoms with Gasteiger partial charge in [0.25, 0.3) is 0 Å². The number of hydrogen-bond acceptors (Lipinski definition) is 7. The number of aromatic nitrogens is 3. The number of hydrogen-bond donors (Lipinski definition) is 3. The van der Waals surface area contributed by atoms with Crippen LogP contribution in [0.5, 0.6) is 5.75 Å². The minimum Gasteiger partial charge on any atom is -0.494 e. The molecular formula is C28H31N7O2. The van der Waals surface area contributed by atoms with Crippen molar-refractivity contribution in [3.05, 3.63) is 67.6 Å². The summed E-state index contributed by atoms with van der Waals surface area (Å²) in [7, 11) is 3.77. The quantitative estimate of drug-likeness (QED) is 0.320. The number of aromatic amines is 1. The molecule has 5 rings (SSSR count). The van der Waals surface area contributed by atoms with Gasteiger partial charge in [-0.2, -0.15) is 0 Å². The first-order chi connectivity index (χ1) is 18.1. The highest BCUT2D eigenvalue weighted by Crippen LogP contribution is 2.39. The van der Waals surface area contributed by atoms with Crippen molar-refractivity contribution in [2.45, 2.75) is 6.42 Å². The van der Waals surface area contributed by atoms with E-state index in [0.717, 1.165) is 60.4 Å². The van der Waals surface area contributed by atoms with Crippen LogP contribution in [-0.4, -0.2) is 66.1 Å². The first kappa shape index (κ1) is 24.3. The Morgan fingerprint density at radius 1 is 1.11 bits per heavy atom. The molecule has 2 aromatic heterocycles. The van der Waals surface area contributed by atoms with Crippen LogP contribution in [-0.2, 0) is 4.79 Å². The van der Waals surface area contributed by atoms with Gasteiger partial charge in [-0.1, -0.05) is 24.8 Å². The van der Waals surface area contributed by atoms with E-state index in [-0.39, 0.29) is 5.91 Å². The highest BCUT2D eigenvalue weighted by atomic mass is 16.5. The molecule has 3 heterocycles. The Morgan fingerprint density at radius 3 is 2.81 bits per heavy atom. The van der Waals surface area contributed by atoms with E-state index in [1.807, 2.05) is 42.6 Å². The summed E-state index contributed by atoms with van der Waals surface area (Å²) in [5.41, 5.74) is 5.11. The lowest BCUT2D eigenvalue weighted by Crippen LogP contribution is -2.29. The Bertz CT molecular complexity index is 1430. The van der Waals surface area contributed by atoms with Crippen molar-refractivity contribution < 1.29 is 9.53 Å². The van der Waals surface area contributed by atoms with Gasteiger partial charge in [-0.25, -0.2) is 9.97 Å². The standard InChI is InChI=1S/C28H31N7O2/c1-4-28(36)33-23-14-24(26(37-3)16-25(23)35-11-7-10-34(2)12-13-35)32-27-15-22(30-18-31-27)20-17-29-21-9-6-5-8-19(20)21/h4-6,8-9,14-18,29H,1,7,10-13H2,2-3H3,(H,33,36)(H,30,31,32). The molecule has 9 heteroatoms. The van der Waals surface area contributed by atoms with Gasteiger partial charge in [0.1, 0.15) is 17.9 Å². The summed E-state index contributed by atoms with van der Waals surface area (Å²) in [5.74, 6) is 0.989. The Balaban J connectivity index is 1.50. The molecular weight excluding hydrogens is 466 g/mol. The molecule has 37 heavy (non-hydrogen) atoms. The summed E-state index contributed by atoms with van der Waals surface area (Å²) in [5, 5.41) is 7.43. The largest absolute Gasteiger partial charge is 0.494 e. The monoisotopic (exact) mass is 497 g/mol. The second-order valence-electron chi connectivity index (χ2n) is 9.07. The zero-order valence-electron chi connectivity index (χ0n) is 21.1. The van der Waals surface area contributed by atoms with Gasteiger partial charge in [0, 0.05) is 54.4 Å². The summed E-state index contributed by atoms with van der Waals surface area (Å²) in [6.07, 6.45) is 5.79. The molecule has 1 fully saturated rings. The molecule has 0 aliphatic carbocycles. The third-order valence-corrected chi connectivity index (χ3v) is 6.62. The maximum atomic E-state index is 12.3. The van der Waals surface area contributed by atoms with Crippen LogP contribution in [0, 0.1) is 0 Å². The zero-order valence-corrected chi connectivity index (χ0v) is 21.1. The lowest BCUT2D eigenvalue weighted by molar-refractivity contribution is -0.111. The normalized spacial score (nSPS) is 14.3. The second kappa shape index (κ2) is 10.7. The molecule has 0 atom stereocenters. The SMILES string of the molecule is C=CC(=O)Nc1cc(Nc2cc(-c3c[nH]c4ccccc34)ncn2)c(OC)cc1N1CCCN(C)CC1. The van der Waals surface area contributed by atoms with Crippen molar-refractivity contribution in [3.63, 3.8) is 0 Å². The van der Waals surface area contributed by atoms with E-state index >= 15 is 0 Å².